The van der Waals surface area contributed by atoms with E-state index < -0.39 is 10.0 Å². The van der Waals surface area contributed by atoms with Gasteiger partial charge in [0, 0.05) is 51.0 Å². The Morgan fingerprint density at radius 3 is 2.21 bits per heavy atom. The summed E-state index contributed by atoms with van der Waals surface area (Å²) in [4.78, 5) is 5.46. The molecule has 3 aliphatic rings. The molecule has 2 aliphatic heterocycles. The minimum absolute atomic E-state index is 0.371. The lowest BCUT2D eigenvalue weighted by molar-refractivity contribution is 0.120. The second-order valence-electron chi connectivity index (χ2n) is 8.15. The number of anilines is 1. The number of hydrogen-bond donors (Lipinski definition) is 0. The zero-order chi connectivity index (χ0) is 19.1. The lowest BCUT2D eigenvalue weighted by Gasteiger charge is -2.43. The molecule has 5 nitrogen and oxygen atoms in total. The molecule has 0 amide bonds. The first-order valence-corrected chi connectivity index (χ1v) is 11.7. The highest BCUT2D eigenvalue weighted by atomic mass is 32.2. The van der Waals surface area contributed by atoms with Crippen molar-refractivity contribution in [3.05, 3.63) is 59.7 Å². The molecule has 6 heteroatoms. The van der Waals surface area contributed by atoms with E-state index in [0.717, 1.165) is 43.3 Å². The molecule has 2 fully saturated rings. The van der Waals surface area contributed by atoms with Gasteiger partial charge in [0.05, 0.1) is 4.90 Å². The Balaban J connectivity index is 1.29. The summed E-state index contributed by atoms with van der Waals surface area (Å²) in [7, 11) is -3.44. The zero-order valence-electron chi connectivity index (χ0n) is 16.1. The van der Waals surface area contributed by atoms with Crippen molar-refractivity contribution in [3.8, 4) is 0 Å². The van der Waals surface area contributed by atoms with Crippen LogP contribution in [0.5, 0.6) is 0 Å². The van der Waals surface area contributed by atoms with Crippen LogP contribution in [0, 0.1) is 0 Å². The summed E-state index contributed by atoms with van der Waals surface area (Å²) >= 11 is 0. The van der Waals surface area contributed by atoms with Gasteiger partial charge < -0.3 is 4.90 Å². The third kappa shape index (κ3) is 3.23. The maximum Gasteiger partial charge on any atom is 0.243 e. The zero-order valence-corrected chi connectivity index (χ0v) is 16.9. The molecule has 0 atom stereocenters. The molecule has 1 aliphatic carbocycles. The molecule has 1 saturated carbocycles. The summed E-state index contributed by atoms with van der Waals surface area (Å²) in [6, 6.07) is 16.0. The predicted octanol–water partition coefficient (Wildman–Crippen LogP) is 3.07. The molecule has 0 spiro atoms. The van der Waals surface area contributed by atoms with E-state index in [1.165, 1.54) is 24.9 Å². The van der Waals surface area contributed by atoms with Crippen molar-refractivity contribution in [1.82, 2.24) is 9.21 Å². The van der Waals surface area contributed by atoms with Crippen molar-refractivity contribution >= 4 is 15.7 Å². The van der Waals surface area contributed by atoms with Crippen LogP contribution in [0.3, 0.4) is 0 Å². The Morgan fingerprint density at radius 1 is 0.821 bits per heavy atom. The van der Waals surface area contributed by atoms with E-state index in [0.29, 0.717) is 18.0 Å². The monoisotopic (exact) mass is 397 g/mol. The van der Waals surface area contributed by atoms with Crippen molar-refractivity contribution < 1.29 is 8.42 Å². The van der Waals surface area contributed by atoms with E-state index in [1.807, 2.05) is 6.07 Å². The normalized spacial score (nSPS) is 21.5. The molecule has 148 valence electrons. The highest BCUT2D eigenvalue weighted by molar-refractivity contribution is 7.89. The molecular weight excluding hydrogens is 370 g/mol. The second kappa shape index (κ2) is 7.17. The average molecular weight is 398 g/mol. The quantitative estimate of drug-likeness (QED) is 0.795. The topological polar surface area (TPSA) is 43.9 Å². The van der Waals surface area contributed by atoms with Gasteiger partial charge in [0.15, 0.2) is 0 Å². The lowest BCUT2D eigenvalue weighted by Crippen LogP contribution is -2.52. The van der Waals surface area contributed by atoms with Crippen LogP contribution in [-0.2, 0) is 23.1 Å². The van der Waals surface area contributed by atoms with Crippen LogP contribution in [0.2, 0.25) is 0 Å². The van der Waals surface area contributed by atoms with Crippen LogP contribution in [-0.4, -0.2) is 49.8 Å². The van der Waals surface area contributed by atoms with Crippen LogP contribution in [0.15, 0.2) is 53.4 Å². The van der Waals surface area contributed by atoms with Crippen LogP contribution in [0.4, 0.5) is 5.69 Å². The third-order valence-electron chi connectivity index (χ3n) is 6.53. The summed E-state index contributed by atoms with van der Waals surface area (Å²) in [5.41, 5.74) is 3.49. The number of piperazine rings is 1. The van der Waals surface area contributed by atoms with Crippen molar-refractivity contribution in [1.29, 1.82) is 0 Å². The van der Waals surface area contributed by atoms with Crippen LogP contribution in [0.25, 0.3) is 0 Å². The van der Waals surface area contributed by atoms with E-state index >= 15 is 0 Å². The minimum Gasteiger partial charge on any atom is -0.369 e. The molecule has 1 saturated heterocycles. The highest BCUT2D eigenvalue weighted by Gasteiger charge is 2.32. The lowest BCUT2D eigenvalue weighted by atomic mass is 9.91. The molecule has 0 aromatic heterocycles. The van der Waals surface area contributed by atoms with Gasteiger partial charge in [-0.05, 0) is 48.2 Å². The number of sulfonamides is 1. The molecular formula is C22H27N3O2S. The standard InChI is InChI=1S/C22H27N3O2S/c26-28(27,22-7-2-1-3-8-22)25-16-18-9-10-21(15-19(18)17-25)24-13-11-23(12-14-24)20-5-4-6-20/h1-3,7-10,15,20H,4-6,11-14,16-17H2. The highest BCUT2D eigenvalue weighted by Crippen LogP contribution is 2.32. The summed E-state index contributed by atoms with van der Waals surface area (Å²) in [5.74, 6) is 0. The Morgan fingerprint density at radius 2 is 1.54 bits per heavy atom. The van der Waals surface area contributed by atoms with Crippen LogP contribution >= 0.6 is 0 Å². The molecule has 5 rings (SSSR count). The van der Waals surface area contributed by atoms with Gasteiger partial charge in [0.25, 0.3) is 0 Å². The predicted molar refractivity (Wildman–Crippen MR) is 111 cm³/mol. The maximum atomic E-state index is 12.9. The molecule has 2 aromatic rings. The second-order valence-corrected chi connectivity index (χ2v) is 10.1. The first-order valence-electron chi connectivity index (χ1n) is 10.3. The third-order valence-corrected chi connectivity index (χ3v) is 8.34. The Labute approximate surface area is 167 Å². The summed E-state index contributed by atoms with van der Waals surface area (Å²) in [6.45, 7) is 5.31. The van der Waals surface area contributed by atoms with Gasteiger partial charge in [-0.1, -0.05) is 30.7 Å². The number of hydrogen-bond acceptors (Lipinski definition) is 4. The molecule has 0 N–H and O–H groups in total. The molecule has 0 radical (unpaired) electrons. The van der Waals surface area contributed by atoms with E-state index in [2.05, 4.69) is 28.0 Å². The van der Waals surface area contributed by atoms with E-state index in [-0.39, 0.29) is 0 Å². The van der Waals surface area contributed by atoms with Gasteiger partial charge in [-0.15, -0.1) is 0 Å². The number of benzene rings is 2. The number of fused-ring (bicyclic) bond motifs is 1. The van der Waals surface area contributed by atoms with Crippen molar-refractivity contribution in [2.75, 3.05) is 31.1 Å². The van der Waals surface area contributed by atoms with Crippen molar-refractivity contribution in [3.63, 3.8) is 0 Å². The Bertz CT molecular complexity index is 949. The average Bonchev–Trinajstić information content (AvgIpc) is 3.12. The van der Waals surface area contributed by atoms with Gasteiger partial charge >= 0.3 is 0 Å². The molecule has 28 heavy (non-hydrogen) atoms. The number of nitrogens with zero attached hydrogens (tertiary/aromatic N) is 3. The SMILES string of the molecule is O=S(=O)(c1ccccc1)N1Cc2ccc(N3CCN(C4CCC4)CC3)cc2C1. The van der Waals surface area contributed by atoms with Gasteiger partial charge in [0.2, 0.25) is 10.0 Å². The van der Waals surface area contributed by atoms with Gasteiger partial charge in [0.1, 0.15) is 0 Å². The molecule has 0 unspecified atom stereocenters. The fourth-order valence-corrected chi connectivity index (χ4v) is 5.97. The van der Waals surface area contributed by atoms with E-state index in [9.17, 15) is 8.42 Å². The van der Waals surface area contributed by atoms with Gasteiger partial charge in [-0.25, -0.2) is 8.42 Å². The van der Waals surface area contributed by atoms with E-state index in [1.54, 1.807) is 28.6 Å². The first-order chi connectivity index (χ1) is 13.6. The summed E-state index contributed by atoms with van der Waals surface area (Å²) in [6.07, 6.45) is 4.12. The van der Waals surface area contributed by atoms with Gasteiger partial charge in [-0.3, -0.25) is 4.90 Å². The molecule has 2 aromatic carbocycles. The Kier molecular flexibility index (Phi) is 4.65. The van der Waals surface area contributed by atoms with E-state index in [4.69, 9.17) is 0 Å². The summed E-state index contributed by atoms with van der Waals surface area (Å²) in [5, 5.41) is 0. The maximum absolute atomic E-state index is 12.9. The van der Waals surface area contributed by atoms with Crippen LogP contribution in [0.1, 0.15) is 30.4 Å². The largest absolute Gasteiger partial charge is 0.369 e. The fraction of sp³-hybridized carbons (Fsp3) is 0.455. The molecule has 0 bridgehead atoms. The smallest absolute Gasteiger partial charge is 0.243 e. The van der Waals surface area contributed by atoms with Crippen molar-refractivity contribution in [2.45, 2.75) is 43.3 Å². The number of rotatable bonds is 4. The van der Waals surface area contributed by atoms with Crippen LogP contribution < -0.4 is 4.90 Å². The first kappa shape index (κ1) is 18.2. The summed E-state index contributed by atoms with van der Waals surface area (Å²) < 4.78 is 27.5. The van der Waals surface area contributed by atoms with Crippen molar-refractivity contribution in [2.24, 2.45) is 0 Å². The van der Waals surface area contributed by atoms with Gasteiger partial charge in [-0.2, -0.15) is 4.31 Å². The fourth-order valence-electron chi connectivity index (χ4n) is 4.55. The Hall–Kier alpha value is -1.89. The molecule has 2 heterocycles. The minimum atomic E-state index is -3.44.